The van der Waals surface area contributed by atoms with Gasteiger partial charge < -0.3 is 10.5 Å². The van der Waals surface area contributed by atoms with Gasteiger partial charge in [0, 0.05) is 19.3 Å². The van der Waals surface area contributed by atoms with E-state index in [1.165, 1.54) is 10.8 Å². The Morgan fingerprint density at radius 3 is 2.41 bits per heavy atom. The van der Waals surface area contributed by atoms with Crippen LogP contribution in [0.2, 0.25) is 0 Å². The zero-order valence-electron chi connectivity index (χ0n) is 12.8. The lowest BCUT2D eigenvalue weighted by atomic mass is 10.1. The van der Waals surface area contributed by atoms with Crippen LogP contribution in [-0.4, -0.2) is 26.7 Å². The van der Waals surface area contributed by atoms with Gasteiger partial charge in [0.1, 0.15) is 10.9 Å². The molecule has 0 spiro atoms. The summed E-state index contributed by atoms with van der Waals surface area (Å²) in [6.07, 6.45) is 1.23. The summed E-state index contributed by atoms with van der Waals surface area (Å²) in [4.78, 5) is 40.7. The molecule has 0 aromatic carbocycles. The van der Waals surface area contributed by atoms with Gasteiger partial charge in [-0.25, -0.2) is 14.6 Å². The molecule has 2 aromatic heterocycles. The van der Waals surface area contributed by atoms with Crippen LogP contribution in [0, 0.1) is 0 Å². The molecule has 0 aliphatic rings. The summed E-state index contributed by atoms with van der Waals surface area (Å²) < 4.78 is 7.32. The largest absolute Gasteiger partial charge is 0.462 e. The number of aromatic nitrogens is 3. The number of aryl methyl sites for hydroxylation is 1. The number of anilines is 1. The number of nitrogens with zero attached hydrogens (tertiary/aromatic N) is 3. The molecule has 2 N–H and O–H groups in total. The molecule has 8 heteroatoms. The van der Waals surface area contributed by atoms with Crippen LogP contribution >= 0.6 is 0 Å². The van der Waals surface area contributed by atoms with E-state index in [-0.39, 0.29) is 35.4 Å². The second-order valence-corrected chi connectivity index (χ2v) is 4.58. The Labute approximate surface area is 126 Å². The van der Waals surface area contributed by atoms with Crippen LogP contribution in [0.1, 0.15) is 31.1 Å². The molecule has 118 valence electrons. The number of pyridine rings is 1. The fourth-order valence-electron chi connectivity index (χ4n) is 2.32. The van der Waals surface area contributed by atoms with E-state index >= 15 is 0 Å². The minimum atomic E-state index is -0.647. The molecule has 0 amide bonds. The zero-order chi connectivity index (χ0) is 16.4. The van der Waals surface area contributed by atoms with Gasteiger partial charge in [0.05, 0.1) is 12.3 Å². The van der Waals surface area contributed by atoms with Crippen LogP contribution in [0.3, 0.4) is 0 Å². The maximum atomic E-state index is 12.5. The third-order valence-corrected chi connectivity index (χ3v) is 3.40. The van der Waals surface area contributed by atoms with Crippen LogP contribution in [0.4, 0.5) is 5.69 Å². The predicted octanol–water partition coefficient (Wildman–Crippen LogP) is 0.357. The van der Waals surface area contributed by atoms with E-state index in [4.69, 9.17) is 10.5 Å². The van der Waals surface area contributed by atoms with Crippen LogP contribution in [0.15, 0.2) is 15.8 Å². The first-order chi connectivity index (χ1) is 10.5. The van der Waals surface area contributed by atoms with Crippen LogP contribution in [0.25, 0.3) is 11.0 Å². The lowest BCUT2D eigenvalue weighted by Crippen LogP contribution is -2.40. The third kappa shape index (κ3) is 2.26. The molecule has 0 saturated heterocycles. The number of ether oxygens (including phenoxy) is 1. The van der Waals surface area contributed by atoms with Gasteiger partial charge in [-0.3, -0.25) is 13.9 Å². The van der Waals surface area contributed by atoms with Crippen molar-refractivity contribution in [3.63, 3.8) is 0 Å². The highest BCUT2D eigenvalue weighted by atomic mass is 16.5. The molecule has 2 aromatic rings. The van der Waals surface area contributed by atoms with E-state index in [1.807, 2.05) is 0 Å². The van der Waals surface area contributed by atoms with E-state index in [0.717, 1.165) is 4.57 Å². The molecule has 0 aliphatic carbocycles. The predicted molar refractivity (Wildman–Crippen MR) is 82.0 cm³/mol. The minimum Gasteiger partial charge on any atom is -0.462 e. The highest BCUT2D eigenvalue weighted by molar-refractivity contribution is 6.02. The summed E-state index contributed by atoms with van der Waals surface area (Å²) in [5, 5.41) is 0.0638. The average molecular weight is 306 g/mol. The SMILES string of the molecule is CCOC(=O)c1cnc2c(c1N)c(=O)n(CC)c(=O)n2CC. The van der Waals surface area contributed by atoms with Crippen molar-refractivity contribution in [2.45, 2.75) is 33.9 Å². The summed E-state index contributed by atoms with van der Waals surface area (Å²) in [6.45, 7) is 5.85. The Morgan fingerprint density at radius 2 is 1.86 bits per heavy atom. The number of esters is 1. The Morgan fingerprint density at radius 1 is 1.23 bits per heavy atom. The van der Waals surface area contributed by atoms with Gasteiger partial charge in [-0.05, 0) is 20.8 Å². The molecule has 0 bridgehead atoms. The second-order valence-electron chi connectivity index (χ2n) is 4.58. The summed E-state index contributed by atoms with van der Waals surface area (Å²) in [6, 6.07) is 0. The maximum Gasteiger partial charge on any atom is 0.341 e. The molecule has 22 heavy (non-hydrogen) atoms. The summed E-state index contributed by atoms with van der Waals surface area (Å²) >= 11 is 0. The van der Waals surface area contributed by atoms with E-state index < -0.39 is 17.2 Å². The van der Waals surface area contributed by atoms with E-state index in [1.54, 1.807) is 20.8 Å². The monoisotopic (exact) mass is 306 g/mol. The fraction of sp³-hybridized carbons (Fsp3) is 0.429. The minimum absolute atomic E-state index is 0.0159. The fourth-order valence-corrected chi connectivity index (χ4v) is 2.32. The Balaban J connectivity index is 2.93. The number of carbonyl (C=O) groups is 1. The number of carbonyl (C=O) groups excluding carboxylic acids is 1. The van der Waals surface area contributed by atoms with Crippen molar-refractivity contribution >= 4 is 22.7 Å². The van der Waals surface area contributed by atoms with Gasteiger partial charge in [-0.15, -0.1) is 0 Å². The lowest BCUT2D eigenvalue weighted by Gasteiger charge is -2.13. The first-order valence-corrected chi connectivity index (χ1v) is 7.06. The van der Waals surface area contributed by atoms with Crippen molar-refractivity contribution in [1.82, 2.24) is 14.1 Å². The molecule has 0 aliphatic heterocycles. The quantitative estimate of drug-likeness (QED) is 0.817. The highest BCUT2D eigenvalue weighted by Crippen LogP contribution is 2.20. The Kier molecular flexibility index (Phi) is 4.30. The van der Waals surface area contributed by atoms with Gasteiger partial charge >= 0.3 is 11.7 Å². The topological polar surface area (TPSA) is 109 Å². The van der Waals surface area contributed by atoms with Gasteiger partial charge in [0.2, 0.25) is 0 Å². The smallest absolute Gasteiger partial charge is 0.341 e. The molecule has 2 heterocycles. The number of nitrogens with two attached hydrogens (primary N) is 1. The van der Waals surface area contributed by atoms with Crippen molar-refractivity contribution < 1.29 is 9.53 Å². The van der Waals surface area contributed by atoms with Crippen LogP contribution in [0.5, 0.6) is 0 Å². The molecule has 0 atom stereocenters. The number of hydrogen-bond acceptors (Lipinski definition) is 6. The van der Waals surface area contributed by atoms with Crippen LogP contribution in [-0.2, 0) is 17.8 Å². The zero-order valence-corrected chi connectivity index (χ0v) is 12.8. The first-order valence-electron chi connectivity index (χ1n) is 7.06. The second kappa shape index (κ2) is 6.00. The molecule has 0 radical (unpaired) electrons. The maximum absolute atomic E-state index is 12.5. The van der Waals surface area contributed by atoms with Crippen molar-refractivity contribution in [3.05, 3.63) is 32.6 Å². The number of rotatable bonds is 4. The van der Waals surface area contributed by atoms with Crippen molar-refractivity contribution in [3.8, 4) is 0 Å². The Hall–Kier alpha value is -2.64. The normalized spacial score (nSPS) is 10.9. The summed E-state index contributed by atoms with van der Waals surface area (Å²) in [5.74, 6) is -0.647. The molecule has 0 fully saturated rings. The summed E-state index contributed by atoms with van der Waals surface area (Å²) in [5.41, 5.74) is 5.16. The van der Waals surface area contributed by atoms with Crippen molar-refractivity contribution in [2.75, 3.05) is 12.3 Å². The molecule has 2 rings (SSSR count). The standard InChI is InChI=1S/C14H18N4O4/c1-4-17-11-9(12(19)18(5-2)14(17)21)10(15)8(7-16-11)13(20)22-6-3/h7H,4-6H2,1-3H3,(H2,15,16). The van der Waals surface area contributed by atoms with Gasteiger partial charge in [0.15, 0.2) is 5.65 Å². The molecule has 0 saturated carbocycles. The highest BCUT2D eigenvalue weighted by Gasteiger charge is 2.20. The Bertz CT molecular complexity index is 851. The number of hydrogen-bond donors (Lipinski definition) is 1. The molecule has 8 nitrogen and oxygen atoms in total. The van der Waals surface area contributed by atoms with E-state index in [0.29, 0.717) is 6.54 Å². The van der Waals surface area contributed by atoms with Crippen LogP contribution < -0.4 is 17.0 Å². The summed E-state index contributed by atoms with van der Waals surface area (Å²) in [7, 11) is 0. The first kappa shape index (κ1) is 15.7. The van der Waals surface area contributed by atoms with Gasteiger partial charge in [-0.1, -0.05) is 0 Å². The number of nitrogen functional groups attached to an aromatic ring is 1. The molecular formula is C14H18N4O4. The molecular weight excluding hydrogens is 288 g/mol. The van der Waals surface area contributed by atoms with E-state index in [2.05, 4.69) is 4.98 Å². The average Bonchev–Trinajstić information content (AvgIpc) is 2.48. The van der Waals surface area contributed by atoms with Gasteiger partial charge in [-0.2, -0.15) is 0 Å². The van der Waals surface area contributed by atoms with Gasteiger partial charge in [0.25, 0.3) is 5.56 Å². The lowest BCUT2D eigenvalue weighted by molar-refractivity contribution is 0.0527. The van der Waals surface area contributed by atoms with E-state index in [9.17, 15) is 14.4 Å². The van der Waals surface area contributed by atoms with Crippen molar-refractivity contribution in [2.24, 2.45) is 0 Å². The third-order valence-electron chi connectivity index (χ3n) is 3.40. The number of fused-ring (bicyclic) bond motifs is 1. The van der Waals surface area contributed by atoms with Crippen molar-refractivity contribution in [1.29, 1.82) is 0 Å². The molecule has 0 unspecified atom stereocenters.